The van der Waals surface area contributed by atoms with Crippen molar-refractivity contribution in [3.8, 4) is 5.88 Å². The van der Waals surface area contributed by atoms with Crippen LogP contribution < -0.4 is 9.64 Å². The van der Waals surface area contributed by atoms with Crippen molar-refractivity contribution in [2.45, 2.75) is 13.3 Å². The van der Waals surface area contributed by atoms with Gasteiger partial charge in [0.1, 0.15) is 0 Å². The maximum atomic E-state index is 8.93. The van der Waals surface area contributed by atoms with Crippen molar-refractivity contribution in [1.29, 1.82) is 0 Å². The molecule has 5 nitrogen and oxygen atoms in total. The number of rotatable bonds is 6. The fourth-order valence-electron chi connectivity index (χ4n) is 1.32. The van der Waals surface area contributed by atoms with E-state index in [-0.39, 0.29) is 6.61 Å². The average molecular weight is 211 g/mol. The highest BCUT2D eigenvalue weighted by atomic mass is 16.5. The highest BCUT2D eigenvalue weighted by Crippen LogP contribution is 2.13. The summed E-state index contributed by atoms with van der Waals surface area (Å²) in [6.45, 7) is 3.61. The van der Waals surface area contributed by atoms with Crippen molar-refractivity contribution in [1.82, 2.24) is 9.97 Å². The third-order valence-electron chi connectivity index (χ3n) is 2.00. The Morgan fingerprint density at radius 3 is 2.80 bits per heavy atom. The molecule has 0 spiro atoms. The molecule has 1 rings (SSSR count). The summed E-state index contributed by atoms with van der Waals surface area (Å²) >= 11 is 0. The summed E-state index contributed by atoms with van der Waals surface area (Å²) in [7, 11) is 1.56. The van der Waals surface area contributed by atoms with Gasteiger partial charge in [-0.15, -0.1) is 0 Å². The van der Waals surface area contributed by atoms with Gasteiger partial charge in [-0.05, 0) is 6.42 Å². The molecule has 0 saturated carbocycles. The van der Waals surface area contributed by atoms with Gasteiger partial charge in [0, 0.05) is 13.1 Å². The largest absolute Gasteiger partial charge is 0.480 e. The summed E-state index contributed by atoms with van der Waals surface area (Å²) in [6, 6.07) is 0. The Hall–Kier alpha value is -1.36. The Balaban J connectivity index is 2.79. The molecule has 0 aliphatic rings. The molecule has 5 heteroatoms. The molecule has 15 heavy (non-hydrogen) atoms. The topological polar surface area (TPSA) is 58.5 Å². The third-order valence-corrected chi connectivity index (χ3v) is 2.00. The van der Waals surface area contributed by atoms with Gasteiger partial charge in [-0.2, -0.15) is 4.98 Å². The van der Waals surface area contributed by atoms with E-state index in [9.17, 15) is 0 Å². The van der Waals surface area contributed by atoms with E-state index < -0.39 is 0 Å². The van der Waals surface area contributed by atoms with Gasteiger partial charge in [0.25, 0.3) is 0 Å². The minimum Gasteiger partial charge on any atom is -0.480 e. The van der Waals surface area contributed by atoms with Crippen LogP contribution in [0.3, 0.4) is 0 Å². The van der Waals surface area contributed by atoms with E-state index in [0.29, 0.717) is 12.4 Å². The number of aliphatic hydroxyl groups is 1. The van der Waals surface area contributed by atoms with E-state index in [1.54, 1.807) is 19.5 Å². The second-order valence-electron chi connectivity index (χ2n) is 3.13. The van der Waals surface area contributed by atoms with Crippen LogP contribution in [0.2, 0.25) is 0 Å². The smallest absolute Gasteiger partial charge is 0.233 e. The zero-order valence-electron chi connectivity index (χ0n) is 9.18. The quantitative estimate of drug-likeness (QED) is 0.750. The van der Waals surface area contributed by atoms with Crippen LogP contribution in [0.4, 0.5) is 5.82 Å². The predicted octanol–water partition coefficient (Wildman–Crippen LogP) is 0.694. The lowest BCUT2D eigenvalue weighted by Gasteiger charge is -2.21. The zero-order valence-corrected chi connectivity index (χ0v) is 9.18. The molecule has 0 aromatic carbocycles. The van der Waals surface area contributed by atoms with Crippen LogP contribution in [0.25, 0.3) is 0 Å². The Labute approximate surface area is 89.7 Å². The lowest BCUT2D eigenvalue weighted by molar-refractivity contribution is 0.301. The molecular formula is C10H17N3O2. The highest BCUT2D eigenvalue weighted by Gasteiger charge is 2.07. The van der Waals surface area contributed by atoms with Crippen molar-refractivity contribution in [2.75, 3.05) is 31.7 Å². The maximum Gasteiger partial charge on any atom is 0.233 e. The minimum atomic E-state index is 0.110. The van der Waals surface area contributed by atoms with Crippen LogP contribution in [0.1, 0.15) is 13.3 Å². The Kier molecular flexibility index (Phi) is 4.83. The van der Waals surface area contributed by atoms with Crippen molar-refractivity contribution in [2.24, 2.45) is 0 Å². The molecule has 1 aromatic rings. The van der Waals surface area contributed by atoms with E-state index in [0.717, 1.165) is 18.8 Å². The second kappa shape index (κ2) is 6.19. The van der Waals surface area contributed by atoms with Crippen molar-refractivity contribution in [3.63, 3.8) is 0 Å². The molecule has 0 bridgehead atoms. The minimum absolute atomic E-state index is 0.110. The number of aromatic nitrogens is 2. The Morgan fingerprint density at radius 2 is 2.20 bits per heavy atom. The lowest BCUT2D eigenvalue weighted by Crippen LogP contribution is -2.28. The van der Waals surface area contributed by atoms with Gasteiger partial charge in [0.05, 0.1) is 26.1 Å². The van der Waals surface area contributed by atoms with Crippen LogP contribution in [0, 0.1) is 0 Å². The third kappa shape index (κ3) is 3.36. The van der Waals surface area contributed by atoms with E-state index >= 15 is 0 Å². The number of hydrogen-bond acceptors (Lipinski definition) is 5. The number of aliphatic hydroxyl groups excluding tert-OH is 1. The average Bonchev–Trinajstić information content (AvgIpc) is 2.29. The van der Waals surface area contributed by atoms with Crippen molar-refractivity contribution >= 4 is 5.82 Å². The summed E-state index contributed by atoms with van der Waals surface area (Å²) < 4.78 is 5.00. The monoisotopic (exact) mass is 211 g/mol. The van der Waals surface area contributed by atoms with Gasteiger partial charge in [-0.25, -0.2) is 0 Å². The van der Waals surface area contributed by atoms with Gasteiger partial charge in [0.15, 0.2) is 5.82 Å². The summed E-state index contributed by atoms with van der Waals surface area (Å²) in [5.41, 5.74) is 0. The van der Waals surface area contributed by atoms with Crippen LogP contribution in [-0.2, 0) is 0 Å². The fraction of sp³-hybridized carbons (Fsp3) is 0.600. The molecule has 1 heterocycles. The van der Waals surface area contributed by atoms with E-state index in [2.05, 4.69) is 16.9 Å². The lowest BCUT2D eigenvalue weighted by atomic mass is 10.4. The van der Waals surface area contributed by atoms with Crippen LogP contribution in [0.15, 0.2) is 12.4 Å². The fourth-order valence-corrected chi connectivity index (χ4v) is 1.32. The number of ether oxygens (including phenoxy) is 1. The number of anilines is 1. The molecule has 0 aliphatic heterocycles. The molecular weight excluding hydrogens is 194 g/mol. The SMILES string of the molecule is CCCN(CCO)c1cncc(OC)n1. The van der Waals surface area contributed by atoms with Gasteiger partial charge in [-0.1, -0.05) is 6.92 Å². The summed E-state index contributed by atoms with van der Waals surface area (Å²) in [5.74, 6) is 1.23. The van der Waals surface area contributed by atoms with Gasteiger partial charge in [-0.3, -0.25) is 4.98 Å². The Bertz CT molecular complexity index is 288. The molecule has 0 saturated heterocycles. The highest BCUT2D eigenvalue weighted by molar-refractivity contribution is 5.37. The van der Waals surface area contributed by atoms with Gasteiger partial charge in [0.2, 0.25) is 5.88 Å². The van der Waals surface area contributed by atoms with Gasteiger partial charge < -0.3 is 14.7 Å². The molecule has 84 valence electrons. The van der Waals surface area contributed by atoms with Crippen LogP contribution in [0.5, 0.6) is 5.88 Å². The van der Waals surface area contributed by atoms with Crippen LogP contribution >= 0.6 is 0 Å². The van der Waals surface area contributed by atoms with E-state index in [1.165, 1.54) is 0 Å². The normalized spacial score (nSPS) is 10.1. The predicted molar refractivity (Wildman–Crippen MR) is 58.2 cm³/mol. The number of nitrogens with zero attached hydrogens (tertiary/aromatic N) is 3. The summed E-state index contributed by atoms with van der Waals surface area (Å²) in [4.78, 5) is 10.3. The molecule has 0 atom stereocenters. The standard InChI is InChI=1S/C10H17N3O2/c1-3-4-13(5-6-14)9-7-11-8-10(12-9)15-2/h7-8,14H,3-6H2,1-2H3. The summed E-state index contributed by atoms with van der Waals surface area (Å²) in [5, 5.41) is 8.93. The van der Waals surface area contributed by atoms with Crippen molar-refractivity contribution < 1.29 is 9.84 Å². The zero-order chi connectivity index (χ0) is 11.1. The number of hydrogen-bond donors (Lipinski definition) is 1. The van der Waals surface area contributed by atoms with Gasteiger partial charge >= 0.3 is 0 Å². The first-order chi connectivity index (χ1) is 7.31. The first-order valence-electron chi connectivity index (χ1n) is 5.03. The Morgan fingerprint density at radius 1 is 1.40 bits per heavy atom. The molecule has 0 radical (unpaired) electrons. The maximum absolute atomic E-state index is 8.93. The van der Waals surface area contributed by atoms with E-state index in [4.69, 9.17) is 9.84 Å². The molecule has 0 fully saturated rings. The molecule has 0 aliphatic carbocycles. The second-order valence-corrected chi connectivity index (χ2v) is 3.13. The first-order valence-corrected chi connectivity index (χ1v) is 5.03. The van der Waals surface area contributed by atoms with Crippen LogP contribution in [-0.4, -0.2) is 41.9 Å². The van der Waals surface area contributed by atoms with Crippen molar-refractivity contribution in [3.05, 3.63) is 12.4 Å². The molecule has 0 amide bonds. The number of methoxy groups -OCH3 is 1. The molecule has 1 aromatic heterocycles. The summed E-state index contributed by atoms with van der Waals surface area (Å²) in [6.07, 6.45) is 4.24. The molecule has 0 unspecified atom stereocenters. The first kappa shape index (κ1) is 11.7. The van der Waals surface area contributed by atoms with E-state index in [1.807, 2.05) is 4.90 Å². The molecule has 1 N–H and O–H groups in total.